The summed E-state index contributed by atoms with van der Waals surface area (Å²) in [5, 5.41) is 13.5. The van der Waals surface area contributed by atoms with Crippen LogP contribution in [0.1, 0.15) is 0 Å². The molecule has 0 spiro atoms. The summed E-state index contributed by atoms with van der Waals surface area (Å²) < 4.78 is 13.0. The number of rotatable bonds is 4. The van der Waals surface area contributed by atoms with Crippen molar-refractivity contribution in [3.63, 3.8) is 0 Å². The van der Waals surface area contributed by atoms with E-state index < -0.39 is 0 Å². The van der Waals surface area contributed by atoms with E-state index in [0.717, 1.165) is 87.9 Å². The van der Waals surface area contributed by atoms with Crippen LogP contribution < -0.4 is 0 Å². The summed E-state index contributed by atoms with van der Waals surface area (Å²) in [6.07, 6.45) is 0. The van der Waals surface area contributed by atoms with Gasteiger partial charge in [0.25, 0.3) is 0 Å². The topological polar surface area (TPSA) is 65.0 Å². The van der Waals surface area contributed by atoms with Crippen LogP contribution in [0.2, 0.25) is 0 Å². The minimum atomic E-state index is 0.578. The van der Waals surface area contributed by atoms with E-state index in [2.05, 4.69) is 164 Å². The zero-order valence-corrected chi connectivity index (χ0v) is 32.1. The molecule has 10 aromatic carbocycles. The zero-order chi connectivity index (χ0) is 39.3. The lowest BCUT2D eigenvalue weighted by atomic mass is 9.98. The van der Waals surface area contributed by atoms with E-state index in [1.807, 2.05) is 24.3 Å². The molecular formula is C55H31N3O2. The second-order valence-electron chi connectivity index (χ2n) is 15.5. The van der Waals surface area contributed by atoms with E-state index in [1.165, 1.54) is 26.9 Å². The van der Waals surface area contributed by atoms with Gasteiger partial charge in [-0.05, 0) is 85.1 Å². The minimum Gasteiger partial charge on any atom is -0.456 e. The first-order valence-corrected chi connectivity index (χ1v) is 20.2. The van der Waals surface area contributed by atoms with Crippen LogP contribution >= 0.6 is 0 Å². The van der Waals surface area contributed by atoms with Gasteiger partial charge in [0.15, 0.2) is 17.5 Å². The number of para-hydroxylation sites is 2. The van der Waals surface area contributed by atoms with Gasteiger partial charge >= 0.3 is 0 Å². The Morgan fingerprint density at radius 3 is 1.70 bits per heavy atom. The Bertz CT molecular complexity index is 3910. The summed E-state index contributed by atoms with van der Waals surface area (Å²) in [5.41, 5.74) is 8.19. The van der Waals surface area contributed by atoms with E-state index in [1.54, 1.807) is 0 Å². The summed E-state index contributed by atoms with van der Waals surface area (Å²) in [4.78, 5) is 15.8. The highest BCUT2D eigenvalue weighted by Crippen LogP contribution is 2.42. The van der Waals surface area contributed by atoms with Gasteiger partial charge in [-0.15, -0.1) is 0 Å². The largest absolute Gasteiger partial charge is 0.456 e. The molecule has 0 aliphatic rings. The third-order valence-corrected chi connectivity index (χ3v) is 12.1. The van der Waals surface area contributed by atoms with E-state index in [-0.39, 0.29) is 0 Å². The van der Waals surface area contributed by atoms with Crippen molar-refractivity contribution in [2.75, 3.05) is 0 Å². The maximum atomic E-state index is 6.75. The van der Waals surface area contributed by atoms with Crippen molar-refractivity contribution in [1.29, 1.82) is 0 Å². The molecular weight excluding hydrogens is 735 g/mol. The molecule has 0 atom stereocenters. The Kier molecular flexibility index (Phi) is 6.95. The van der Waals surface area contributed by atoms with Gasteiger partial charge in [0, 0.05) is 43.8 Å². The van der Waals surface area contributed by atoms with Gasteiger partial charge in [0.1, 0.15) is 22.3 Å². The minimum absolute atomic E-state index is 0.578. The number of benzene rings is 10. The highest BCUT2D eigenvalue weighted by Gasteiger charge is 2.21. The van der Waals surface area contributed by atoms with Crippen LogP contribution in [0.15, 0.2) is 197 Å². The molecule has 3 aromatic heterocycles. The molecule has 3 heterocycles. The summed E-state index contributed by atoms with van der Waals surface area (Å²) in [7, 11) is 0. The third kappa shape index (κ3) is 5.03. The first kappa shape index (κ1) is 32.9. The molecule has 60 heavy (non-hydrogen) atoms. The van der Waals surface area contributed by atoms with Gasteiger partial charge in [-0.3, -0.25) is 0 Å². The Morgan fingerprint density at radius 2 is 0.833 bits per heavy atom. The van der Waals surface area contributed by atoms with Gasteiger partial charge in [-0.25, -0.2) is 15.0 Å². The molecule has 278 valence electrons. The fraction of sp³-hybridized carbons (Fsp3) is 0. The predicted molar refractivity (Wildman–Crippen MR) is 246 cm³/mol. The van der Waals surface area contributed by atoms with E-state index in [4.69, 9.17) is 23.8 Å². The SMILES string of the molecule is c1ccc2cc(-c3cccc4c3oc3cccc(-c5nc(-c6ccc7c(ccc8ccccc87)c6)nc(-c6ccc7c(ccc8oc9ccccc9c87)c6)n5)c34)ccc2c1. The Morgan fingerprint density at radius 1 is 0.283 bits per heavy atom. The fourth-order valence-electron chi connectivity index (χ4n) is 9.22. The van der Waals surface area contributed by atoms with Crippen molar-refractivity contribution in [2.24, 2.45) is 0 Å². The molecule has 5 heteroatoms. The molecule has 0 aliphatic carbocycles. The van der Waals surface area contributed by atoms with Crippen molar-refractivity contribution in [3.8, 4) is 45.3 Å². The molecule has 0 N–H and O–H groups in total. The van der Waals surface area contributed by atoms with Gasteiger partial charge in [-0.2, -0.15) is 0 Å². The predicted octanol–water partition coefficient (Wildman–Crippen LogP) is 15.0. The molecule has 0 saturated heterocycles. The fourth-order valence-corrected chi connectivity index (χ4v) is 9.22. The maximum absolute atomic E-state index is 6.75. The van der Waals surface area contributed by atoms with Crippen molar-refractivity contribution >= 4 is 87.0 Å². The van der Waals surface area contributed by atoms with Crippen LogP contribution in [0.5, 0.6) is 0 Å². The van der Waals surface area contributed by atoms with Crippen LogP contribution in [-0.2, 0) is 0 Å². The monoisotopic (exact) mass is 765 g/mol. The summed E-state index contributed by atoms with van der Waals surface area (Å²) in [6.45, 7) is 0. The Labute approximate surface area is 342 Å². The van der Waals surface area contributed by atoms with Crippen molar-refractivity contribution in [2.45, 2.75) is 0 Å². The van der Waals surface area contributed by atoms with Crippen molar-refractivity contribution in [1.82, 2.24) is 15.0 Å². The normalized spacial score (nSPS) is 12.0. The zero-order valence-electron chi connectivity index (χ0n) is 32.1. The highest BCUT2D eigenvalue weighted by atomic mass is 16.3. The molecule has 5 nitrogen and oxygen atoms in total. The number of aromatic nitrogens is 3. The molecule has 0 saturated carbocycles. The summed E-state index contributed by atoms with van der Waals surface area (Å²) >= 11 is 0. The maximum Gasteiger partial charge on any atom is 0.164 e. The van der Waals surface area contributed by atoms with Crippen LogP contribution in [0.4, 0.5) is 0 Å². The molecule has 13 rings (SSSR count). The average Bonchev–Trinajstić information content (AvgIpc) is 3.90. The van der Waals surface area contributed by atoms with Gasteiger partial charge in [0.2, 0.25) is 0 Å². The van der Waals surface area contributed by atoms with Crippen LogP contribution in [-0.4, -0.2) is 15.0 Å². The molecule has 0 bridgehead atoms. The molecule has 0 unspecified atom stereocenters. The molecule has 0 amide bonds. The summed E-state index contributed by atoms with van der Waals surface area (Å²) in [6, 6.07) is 65.8. The molecule has 0 aliphatic heterocycles. The van der Waals surface area contributed by atoms with Gasteiger partial charge < -0.3 is 8.83 Å². The quantitative estimate of drug-likeness (QED) is 0.167. The first-order valence-electron chi connectivity index (χ1n) is 20.2. The van der Waals surface area contributed by atoms with E-state index in [0.29, 0.717) is 17.5 Å². The number of hydrogen-bond donors (Lipinski definition) is 0. The number of fused-ring (bicyclic) bond motifs is 12. The lowest BCUT2D eigenvalue weighted by Gasteiger charge is -2.11. The van der Waals surface area contributed by atoms with E-state index in [9.17, 15) is 0 Å². The highest BCUT2D eigenvalue weighted by molar-refractivity contribution is 6.19. The average molecular weight is 766 g/mol. The smallest absolute Gasteiger partial charge is 0.164 e. The van der Waals surface area contributed by atoms with Gasteiger partial charge in [-0.1, -0.05) is 152 Å². The number of nitrogens with zero attached hydrogens (tertiary/aromatic N) is 3. The Balaban J connectivity index is 1.03. The molecule has 13 aromatic rings. The van der Waals surface area contributed by atoms with Crippen molar-refractivity contribution < 1.29 is 8.83 Å². The van der Waals surface area contributed by atoms with E-state index >= 15 is 0 Å². The first-order chi connectivity index (χ1) is 29.7. The lowest BCUT2D eigenvalue weighted by molar-refractivity contribution is 0.669. The third-order valence-electron chi connectivity index (χ3n) is 12.1. The molecule has 0 fully saturated rings. The lowest BCUT2D eigenvalue weighted by Crippen LogP contribution is -2.00. The second kappa shape index (κ2) is 12.7. The second-order valence-corrected chi connectivity index (χ2v) is 15.5. The Hall–Kier alpha value is -8.15. The molecule has 0 radical (unpaired) electrons. The number of hydrogen-bond acceptors (Lipinski definition) is 5. The van der Waals surface area contributed by atoms with Crippen LogP contribution in [0.3, 0.4) is 0 Å². The van der Waals surface area contributed by atoms with Gasteiger partial charge in [0.05, 0.1) is 0 Å². The number of furan rings is 2. The van der Waals surface area contributed by atoms with Crippen LogP contribution in [0.25, 0.3) is 132 Å². The summed E-state index contributed by atoms with van der Waals surface area (Å²) in [5.74, 6) is 1.77. The van der Waals surface area contributed by atoms with Crippen molar-refractivity contribution in [3.05, 3.63) is 188 Å². The standard InChI is InChI=1S/C55H31N3O2/c1-2-11-34-29-37(21-19-32(34)9-1)43-14-7-15-45-51-46(16-8-18-48(51)60-52(43)45)55-57-53(38-23-26-41-35(30-38)22-20-33-10-3-4-12-40(33)41)56-54(58-55)39-24-27-42-36(31-39)25-28-49-50(42)44-13-5-6-17-47(44)59-49/h1-31H. The van der Waals surface area contributed by atoms with Crippen LogP contribution in [0, 0.1) is 0 Å².